The number of carbonyl (C=O) groups is 6. The molecule has 2 atom stereocenters. The Kier molecular flexibility index (Phi) is 13.6. The molecule has 0 aliphatic heterocycles. The summed E-state index contributed by atoms with van der Waals surface area (Å²) < 4.78 is 5.10. The Morgan fingerprint density at radius 2 is 1.50 bits per heavy atom. The molecule has 0 bridgehead atoms. The number of carboxylic acids is 1. The van der Waals surface area contributed by atoms with Gasteiger partial charge in [0.15, 0.2) is 0 Å². The molecule has 0 aliphatic rings. The number of carboxylic acid groups (broad SMARTS) is 1. The second kappa shape index (κ2) is 15.0. The quantitative estimate of drug-likeness (QED) is 0.163. The van der Waals surface area contributed by atoms with Crippen molar-refractivity contribution in [3.8, 4) is 0 Å². The number of hydrogen-bond acceptors (Lipinski definition) is 9. The lowest BCUT2D eigenvalue weighted by atomic mass is 10.1. The molecule has 0 aromatic carbocycles. The highest BCUT2D eigenvalue weighted by Gasteiger charge is 2.25. The number of likely N-dealkylation sites (N-methyl/N-ethyl adjacent to an activating group) is 1. The summed E-state index contributed by atoms with van der Waals surface area (Å²) in [4.78, 5) is 73.1. The van der Waals surface area contributed by atoms with Gasteiger partial charge in [0.25, 0.3) is 0 Å². The van der Waals surface area contributed by atoms with Crippen molar-refractivity contribution in [3.63, 3.8) is 0 Å². The number of esters is 1. The molecule has 13 heteroatoms. The van der Waals surface area contributed by atoms with Crippen molar-refractivity contribution in [3.05, 3.63) is 0 Å². The SMILES string of the molecule is CN(C)CC(=O)NC(CCC(=O)NC(CCC(=O)CN)C(=O)NCC(=O)OC(C)(C)C)C(=O)O. The monoisotopic (exact) mass is 487 g/mol. The lowest BCUT2D eigenvalue weighted by Gasteiger charge is -2.21. The number of hydrogen-bond donors (Lipinski definition) is 5. The minimum absolute atomic E-state index is 0.0228. The number of aliphatic carboxylic acids is 1. The van der Waals surface area contributed by atoms with E-state index in [0.29, 0.717) is 0 Å². The fourth-order valence-corrected chi connectivity index (χ4v) is 2.66. The maximum atomic E-state index is 12.5. The van der Waals surface area contributed by atoms with E-state index in [4.69, 9.17) is 10.5 Å². The molecule has 2 unspecified atom stereocenters. The van der Waals surface area contributed by atoms with E-state index in [1.165, 1.54) is 0 Å². The summed E-state index contributed by atoms with van der Waals surface area (Å²) in [5.74, 6) is -4.20. The van der Waals surface area contributed by atoms with E-state index in [2.05, 4.69) is 16.0 Å². The van der Waals surface area contributed by atoms with Gasteiger partial charge < -0.3 is 36.4 Å². The topological polar surface area (TPSA) is 197 Å². The van der Waals surface area contributed by atoms with Crippen LogP contribution in [0.15, 0.2) is 0 Å². The van der Waals surface area contributed by atoms with Crippen molar-refractivity contribution in [2.75, 3.05) is 33.7 Å². The van der Waals surface area contributed by atoms with Crippen molar-refractivity contribution in [2.24, 2.45) is 5.73 Å². The molecule has 0 spiro atoms. The molecule has 0 aliphatic carbocycles. The largest absolute Gasteiger partial charge is 0.480 e. The smallest absolute Gasteiger partial charge is 0.326 e. The van der Waals surface area contributed by atoms with Gasteiger partial charge in [-0.2, -0.15) is 0 Å². The molecule has 13 nitrogen and oxygen atoms in total. The Morgan fingerprint density at radius 1 is 0.941 bits per heavy atom. The molecule has 0 aromatic rings. The fourth-order valence-electron chi connectivity index (χ4n) is 2.66. The van der Waals surface area contributed by atoms with Crippen molar-refractivity contribution in [1.82, 2.24) is 20.9 Å². The first kappa shape index (κ1) is 30.9. The number of ketones is 1. The predicted molar refractivity (Wildman–Crippen MR) is 121 cm³/mol. The van der Waals surface area contributed by atoms with Crippen LogP contribution in [0.3, 0.4) is 0 Å². The molecule has 0 fully saturated rings. The summed E-state index contributed by atoms with van der Waals surface area (Å²) in [6.45, 7) is 4.31. The first-order valence-electron chi connectivity index (χ1n) is 10.8. The maximum Gasteiger partial charge on any atom is 0.326 e. The number of ether oxygens (including phenoxy) is 1. The Morgan fingerprint density at radius 3 is 2.00 bits per heavy atom. The van der Waals surface area contributed by atoms with Crippen LogP contribution in [0, 0.1) is 0 Å². The lowest BCUT2D eigenvalue weighted by molar-refractivity contribution is -0.154. The number of nitrogens with one attached hydrogen (secondary N) is 3. The van der Waals surface area contributed by atoms with Gasteiger partial charge in [0.2, 0.25) is 17.7 Å². The number of nitrogens with two attached hydrogens (primary N) is 1. The van der Waals surface area contributed by atoms with Crippen molar-refractivity contribution in [2.45, 2.75) is 64.1 Å². The third-order valence-electron chi connectivity index (χ3n) is 4.17. The Bertz CT molecular complexity index is 748. The van der Waals surface area contributed by atoms with E-state index >= 15 is 0 Å². The second-order valence-corrected chi connectivity index (χ2v) is 8.94. The van der Waals surface area contributed by atoms with Gasteiger partial charge in [-0.1, -0.05) is 0 Å². The van der Waals surface area contributed by atoms with Gasteiger partial charge in [0, 0.05) is 12.8 Å². The van der Waals surface area contributed by atoms with E-state index < -0.39 is 53.9 Å². The van der Waals surface area contributed by atoms with Crippen LogP contribution in [-0.4, -0.2) is 96.9 Å². The summed E-state index contributed by atoms with van der Waals surface area (Å²) in [6, 6.07) is -2.45. The number of rotatable bonds is 15. The number of carbonyl (C=O) groups excluding carboxylic acids is 5. The molecule has 0 saturated carbocycles. The molecule has 3 amide bonds. The normalized spacial score (nSPS) is 12.9. The second-order valence-electron chi connectivity index (χ2n) is 8.94. The van der Waals surface area contributed by atoms with Crippen molar-refractivity contribution in [1.29, 1.82) is 0 Å². The van der Waals surface area contributed by atoms with Crippen LogP contribution in [0.4, 0.5) is 0 Å². The van der Waals surface area contributed by atoms with E-state index in [1.807, 2.05) is 0 Å². The van der Waals surface area contributed by atoms with Crippen LogP contribution in [0.1, 0.15) is 46.5 Å². The summed E-state index contributed by atoms with van der Waals surface area (Å²) in [5, 5.41) is 16.4. The average Bonchev–Trinajstić information content (AvgIpc) is 2.69. The van der Waals surface area contributed by atoms with E-state index in [9.17, 15) is 33.9 Å². The van der Waals surface area contributed by atoms with Crippen LogP contribution in [-0.2, 0) is 33.5 Å². The third kappa shape index (κ3) is 14.9. The zero-order valence-corrected chi connectivity index (χ0v) is 20.4. The van der Waals surface area contributed by atoms with Crippen LogP contribution < -0.4 is 21.7 Å². The lowest BCUT2D eigenvalue weighted by Crippen LogP contribution is -2.49. The highest BCUT2D eigenvalue weighted by molar-refractivity contribution is 5.91. The standard InChI is InChI=1S/C21H37N5O8/c1-21(2,3)34-18(30)11-23-19(31)14(7-6-13(27)10-22)24-16(28)9-8-15(20(32)33)25-17(29)12-26(4)5/h14-15H,6-12,22H2,1-5H3,(H,23,31)(H,24,28)(H,25,29)(H,32,33). The van der Waals surface area contributed by atoms with Crippen molar-refractivity contribution < 1.29 is 38.6 Å². The minimum Gasteiger partial charge on any atom is -0.480 e. The van der Waals surface area contributed by atoms with E-state index in [-0.39, 0.29) is 44.6 Å². The molecule has 0 aromatic heterocycles. The van der Waals surface area contributed by atoms with Crippen LogP contribution in [0.25, 0.3) is 0 Å². The molecule has 0 heterocycles. The zero-order valence-electron chi connectivity index (χ0n) is 20.4. The highest BCUT2D eigenvalue weighted by atomic mass is 16.6. The van der Waals surface area contributed by atoms with E-state index in [1.54, 1.807) is 39.8 Å². The molecule has 0 radical (unpaired) electrons. The van der Waals surface area contributed by atoms with Gasteiger partial charge in [-0.15, -0.1) is 0 Å². The first-order chi connectivity index (χ1) is 15.6. The number of amides is 3. The van der Waals surface area contributed by atoms with Crippen LogP contribution in [0.2, 0.25) is 0 Å². The molecule has 0 rings (SSSR count). The van der Waals surface area contributed by atoms with Gasteiger partial charge in [-0.3, -0.25) is 24.0 Å². The molecule has 34 heavy (non-hydrogen) atoms. The van der Waals surface area contributed by atoms with Crippen molar-refractivity contribution >= 4 is 35.4 Å². The molecular weight excluding hydrogens is 450 g/mol. The number of nitrogens with zero attached hydrogens (tertiary/aromatic N) is 1. The fraction of sp³-hybridized carbons (Fsp3) is 0.714. The van der Waals surface area contributed by atoms with Gasteiger partial charge in [-0.25, -0.2) is 4.79 Å². The summed E-state index contributed by atoms with van der Waals surface area (Å²) >= 11 is 0. The predicted octanol–water partition coefficient (Wildman–Crippen LogP) is -1.85. The van der Waals surface area contributed by atoms with Gasteiger partial charge in [0.05, 0.1) is 13.1 Å². The Balaban J connectivity index is 5.00. The van der Waals surface area contributed by atoms with E-state index in [0.717, 1.165) is 0 Å². The molecule has 0 saturated heterocycles. The van der Waals surface area contributed by atoms with Gasteiger partial charge in [0.1, 0.15) is 30.0 Å². The molecule has 194 valence electrons. The van der Waals surface area contributed by atoms with Gasteiger partial charge >= 0.3 is 11.9 Å². The Labute approximate surface area is 199 Å². The first-order valence-corrected chi connectivity index (χ1v) is 10.8. The third-order valence-corrected chi connectivity index (χ3v) is 4.17. The summed E-state index contributed by atoms with van der Waals surface area (Å²) in [6.07, 6.45) is -0.669. The van der Waals surface area contributed by atoms with Gasteiger partial charge in [-0.05, 0) is 47.7 Å². The summed E-state index contributed by atoms with van der Waals surface area (Å²) in [7, 11) is 3.29. The Hall–Kier alpha value is -3.06. The van der Waals surface area contributed by atoms with Crippen LogP contribution in [0.5, 0.6) is 0 Å². The maximum absolute atomic E-state index is 12.5. The average molecular weight is 488 g/mol. The highest BCUT2D eigenvalue weighted by Crippen LogP contribution is 2.07. The molecule has 6 N–H and O–H groups in total. The van der Waals surface area contributed by atoms with Crippen LogP contribution >= 0.6 is 0 Å². The minimum atomic E-state index is -1.31. The zero-order chi connectivity index (χ0) is 26.5. The number of Topliss-reactive ketones (excluding diaryl/α,β-unsaturated/α-hetero) is 1. The molecular formula is C21H37N5O8. The summed E-state index contributed by atoms with van der Waals surface area (Å²) in [5.41, 5.74) is 4.54.